The lowest BCUT2D eigenvalue weighted by atomic mass is 10.0. The summed E-state index contributed by atoms with van der Waals surface area (Å²) in [5.41, 5.74) is 6.73. The van der Waals surface area contributed by atoms with Gasteiger partial charge in [0.15, 0.2) is 0 Å². The Morgan fingerprint density at radius 3 is 1.98 bits per heavy atom. The number of thiazole rings is 1. The van der Waals surface area contributed by atoms with Gasteiger partial charge in [-0.05, 0) is 36.4 Å². The zero-order valence-corrected chi connectivity index (χ0v) is 23.0. The van der Waals surface area contributed by atoms with Gasteiger partial charge in [-0.2, -0.15) is 0 Å². The summed E-state index contributed by atoms with van der Waals surface area (Å²) >= 11 is 1.54. The van der Waals surface area contributed by atoms with E-state index in [9.17, 15) is 5.11 Å². The average Bonchev–Trinajstić information content (AvgIpc) is 3.65. The molecule has 2 aromatic heterocycles. The number of methoxy groups -OCH3 is 1. The zero-order chi connectivity index (χ0) is 27.8. The van der Waals surface area contributed by atoms with Crippen LogP contribution in [-0.4, -0.2) is 26.8 Å². The maximum absolute atomic E-state index is 11.9. The van der Waals surface area contributed by atoms with Gasteiger partial charge in [0.25, 0.3) is 0 Å². The molecule has 0 unspecified atom stereocenters. The van der Waals surface area contributed by atoms with Crippen molar-refractivity contribution < 1.29 is 9.84 Å². The number of ether oxygens (including phenoxy) is 1. The minimum Gasteiger partial charge on any atom is -0.506 e. The fraction of sp³-hybridized carbons (Fsp3) is 0.0286. The van der Waals surface area contributed by atoms with Gasteiger partial charge in [-0.1, -0.05) is 91.0 Å². The molecule has 0 aliphatic heterocycles. The maximum atomic E-state index is 11.9. The van der Waals surface area contributed by atoms with Crippen LogP contribution in [0, 0.1) is 0 Å². The van der Waals surface area contributed by atoms with Crippen LogP contribution in [0.3, 0.4) is 0 Å². The second-order valence-corrected chi connectivity index (χ2v) is 10.6. The van der Waals surface area contributed by atoms with Crippen molar-refractivity contribution in [2.24, 2.45) is 0 Å². The quantitative estimate of drug-likeness (QED) is 0.224. The first-order valence-corrected chi connectivity index (χ1v) is 14.1. The molecule has 41 heavy (non-hydrogen) atoms. The lowest BCUT2D eigenvalue weighted by Crippen LogP contribution is -2.01. The Morgan fingerprint density at radius 2 is 1.29 bits per heavy atom. The van der Waals surface area contributed by atoms with Gasteiger partial charge in [-0.3, -0.25) is 4.57 Å². The molecule has 0 amide bonds. The number of benzene rings is 5. The number of aromatic nitrogens is 3. The summed E-state index contributed by atoms with van der Waals surface area (Å²) in [6, 6.07) is 42.2. The molecule has 6 heteroatoms. The van der Waals surface area contributed by atoms with Gasteiger partial charge in [0.1, 0.15) is 22.3 Å². The largest absolute Gasteiger partial charge is 0.506 e. The molecule has 1 N–H and O–H groups in total. The summed E-state index contributed by atoms with van der Waals surface area (Å²) < 4.78 is 8.92. The third kappa shape index (κ3) is 4.44. The van der Waals surface area contributed by atoms with Crippen molar-refractivity contribution >= 4 is 21.6 Å². The van der Waals surface area contributed by atoms with Crippen molar-refractivity contribution in [1.82, 2.24) is 14.5 Å². The number of fused-ring (bicyclic) bond motifs is 1. The lowest BCUT2D eigenvalue weighted by Gasteiger charge is -2.16. The molecule has 0 atom stereocenters. The van der Waals surface area contributed by atoms with Crippen LogP contribution in [0.4, 0.5) is 0 Å². The first kappa shape index (κ1) is 24.8. The van der Waals surface area contributed by atoms with E-state index in [2.05, 4.69) is 41.0 Å². The first-order valence-electron chi connectivity index (χ1n) is 13.3. The number of phenols is 1. The Bertz CT molecular complexity index is 1950. The molecule has 0 aliphatic rings. The molecule has 5 nitrogen and oxygen atoms in total. The molecule has 7 aromatic rings. The predicted molar refractivity (Wildman–Crippen MR) is 167 cm³/mol. The fourth-order valence-electron chi connectivity index (χ4n) is 5.14. The molecule has 0 saturated carbocycles. The molecular formula is C35H25N3O2S. The topological polar surface area (TPSA) is 60.2 Å². The van der Waals surface area contributed by atoms with Crippen LogP contribution >= 0.6 is 11.3 Å². The Labute approximate surface area is 241 Å². The predicted octanol–water partition coefficient (Wildman–Crippen LogP) is 8.86. The number of aromatic hydroxyl groups is 1. The van der Waals surface area contributed by atoms with Crippen molar-refractivity contribution in [3.8, 4) is 61.7 Å². The number of para-hydroxylation sites is 2. The third-order valence-corrected chi connectivity index (χ3v) is 8.14. The highest BCUT2D eigenvalue weighted by molar-refractivity contribution is 7.21. The fourth-order valence-corrected chi connectivity index (χ4v) is 6.12. The van der Waals surface area contributed by atoms with Crippen LogP contribution in [0.15, 0.2) is 127 Å². The van der Waals surface area contributed by atoms with E-state index < -0.39 is 0 Å². The van der Waals surface area contributed by atoms with Crippen LogP contribution in [0.2, 0.25) is 0 Å². The van der Waals surface area contributed by atoms with Crippen molar-refractivity contribution in [3.05, 3.63) is 127 Å². The molecular weight excluding hydrogens is 526 g/mol. The van der Waals surface area contributed by atoms with Crippen molar-refractivity contribution in [2.75, 3.05) is 7.11 Å². The summed E-state index contributed by atoms with van der Waals surface area (Å²) in [5.74, 6) is 1.32. The summed E-state index contributed by atoms with van der Waals surface area (Å²) in [5, 5.41) is 12.6. The Morgan fingerprint density at radius 1 is 0.683 bits per heavy atom. The molecule has 0 radical (unpaired) electrons. The Kier molecular flexibility index (Phi) is 6.30. The standard InChI is InChI=1S/C35H25N3O2S/c1-40-26-21-27(33(39)28(22-26)35-36-29-19-11-12-20-30(29)41-35)34-37-31(23-13-5-2-6-14-23)32(24-15-7-3-8-16-24)38(34)25-17-9-4-10-18-25/h2-22,39H,1H3. The molecule has 0 aliphatic carbocycles. The molecule has 0 fully saturated rings. The van der Waals surface area contributed by atoms with Gasteiger partial charge in [0.05, 0.1) is 39.8 Å². The minimum absolute atomic E-state index is 0.103. The molecule has 7 rings (SSSR count). The van der Waals surface area contributed by atoms with Crippen LogP contribution in [0.5, 0.6) is 11.5 Å². The summed E-state index contributed by atoms with van der Waals surface area (Å²) in [4.78, 5) is 10.1. The number of hydrogen-bond acceptors (Lipinski definition) is 5. The third-order valence-electron chi connectivity index (χ3n) is 7.07. The van der Waals surface area contributed by atoms with Gasteiger partial charge >= 0.3 is 0 Å². The van der Waals surface area contributed by atoms with Gasteiger partial charge in [0.2, 0.25) is 0 Å². The van der Waals surface area contributed by atoms with E-state index in [4.69, 9.17) is 14.7 Å². The van der Waals surface area contributed by atoms with Crippen molar-refractivity contribution in [1.29, 1.82) is 0 Å². The summed E-state index contributed by atoms with van der Waals surface area (Å²) in [6.45, 7) is 0. The number of rotatable bonds is 6. The maximum Gasteiger partial charge on any atom is 0.149 e. The van der Waals surface area contributed by atoms with Crippen LogP contribution in [0.25, 0.3) is 60.4 Å². The normalized spacial score (nSPS) is 11.1. The number of phenolic OH excluding ortho intramolecular Hbond substituents is 1. The van der Waals surface area contributed by atoms with Crippen molar-refractivity contribution in [3.63, 3.8) is 0 Å². The number of imidazole rings is 1. The summed E-state index contributed by atoms with van der Waals surface area (Å²) in [7, 11) is 1.63. The van der Waals surface area contributed by atoms with E-state index in [1.54, 1.807) is 7.11 Å². The molecule has 0 spiro atoms. The molecule has 0 saturated heterocycles. The molecule has 2 heterocycles. The van der Waals surface area contributed by atoms with Gasteiger partial charge in [-0.25, -0.2) is 9.97 Å². The van der Waals surface area contributed by atoms with Gasteiger partial charge in [0, 0.05) is 16.8 Å². The number of nitrogens with zero attached hydrogens (tertiary/aromatic N) is 3. The van der Waals surface area contributed by atoms with E-state index in [0.29, 0.717) is 27.7 Å². The smallest absolute Gasteiger partial charge is 0.149 e. The SMILES string of the molecule is COc1cc(-c2nc3ccccc3s2)c(O)c(-c2nc(-c3ccccc3)c(-c3ccccc3)n2-c2ccccc2)c1. The van der Waals surface area contributed by atoms with E-state index in [-0.39, 0.29) is 5.75 Å². The highest BCUT2D eigenvalue weighted by atomic mass is 32.1. The van der Waals surface area contributed by atoms with Crippen molar-refractivity contribution in [2.45, 2.75) is 0 Å². The Hall–Kier alpha value is -5.20. The van der Waals surface area contributed by atoms with Crippen LogP contribution < -0.4 is 4.74 Å². The summed E-state index contributed by atoms with van der Waals surface area (Å²) in [6.07, 6.45) is 0. The lowest BCUT2D eigenvalue weighted by molar-refractivity contribution is 0.413. The van der Waals surface area contributed by atoms with E-state index >= 15 is 0 Å². The van der Waals surface area contributed by atoms with Gasteiger partial charge in [-0.15, -0.1) is 11.3 Å². The van der Waals surface area contributed by atoms with E-state index in [1.807, 2.05) is 91.0 Å². The minimum atomic E-state index is 0.103. The second kappa shape index (κ2) is 10.4. The van der Waals surface area contributed by atoms with Crippen LogP contribution in [-0.2, 0) is 0 Å². The van der Waals surface area contributed by atoms with E-state index in [0.717, 1.165) is 38.4 Å². The Balaban J connectivity index is 1.56. The zero-order valence-electron chi connectivity index (χ0n) is 22.2. The molecule has 0 bridgehead atoms. The molecule has 198 valence electrons. The highest BCUT2D eigenvalue weighted by Gasteiger charge is 2.26. The van der Waals surface area contributed by atoms with Crippen LogP contribution in [0.1, 0.15) is 0 Å². The van der Waals surface area contributed by atoms with E-state index in [1.165, 1.54) is 11.3 Å². The first-order chi connectivity index (χ1) is 20.2. The van der Waals surface area contributed by atoms with Gasteiger partial charge < -0.3 is 9.84 Å². The highest BCUT2D eigenvalue weighted by Crippen LogP contribution is 2.46. The average molecular weight is 552 g/mol. The number of hydrogen-bond donors (Lipinski definition) is 1. The monoisotopic (exact) mass is 551 g/mol. The molecule has 5 aromatic carbocycles. The second-order valence-electron chi connectivity index (χ2n) is 9.59.